The van der Waals surface area contributed by atoms with E-state index in [1.807, 2.05) is 48.5 Å². The van der Waals surface area contributed by atoms with Crippen molar-refractivity contribution in [1.82, 2.24) is 19.8 Å². The van der Waals surface area contributed by atoms with Crippen molar-refractivity contribution in [2.75, 3.05) is 36.4 Å². The summed E-state index contributed by atoms with van der Waals surface area (Å²) in [4.78, 5) is 40.4. The number of amides is 2. The van der Waals surface area contributed by atoms with E-state index >= 15 is 0 Å². The highest BCUT2D eigenvalue weighted by Crippen LogP contribution is 2.42. The van der Waals surface area contributed by atoms with Crippen LogP contribution < -0.4 is 10.2 Å². The number of ether oxygens (including phenoxy) is 1. The Morgan fingerprint density at radius 1 is 1.08 bits per heavy atom. The summed E-state index contributed by atoms with van der Waals surface area (Å²) < 4.78 is 19.8. The van der Waals surface area contributed by atoms with Crippen LogP contribution in [0.15, 0.2) is 30.7 Å². The molecule has 2 saturated heterocycles. The normalized spacial score (nSPS) is 16.9. The molecule has 0 saturated carbocycles. The molecule has 10 heteroatoms. The Balaban J connectivity index is 1.48. The summed E-state index contributed by atoms with van der Waals surface area (Å²) in [5, 5.41) is 3.32. The molecule has 0 bridgehead atoms. The molecule has 2 fully saturated rings. The molecule has 4 rings (SSSR count). The number of anilines is 3. The highest BCUT2D eigenvalue weighted by Gasteiger charge is 2.48. The molecule has 1 aromatic heterocycles. The third kappa shape index (κ3) is 6.42. The van der Waals surface area contributed by atoms with E-state index in [1.165, 1.54) is 18.5 Å². The summed E-state index contributed by atoms with van der Waals surface area (Å²) in [7, 11) is 0. The molecule has 1 spiro atoms. The maximum atomic E-state index is 14.3. The molecule has 2 amide bonds. The van der Waals surface area contributed by atoms with Crippen molar-refractivity contribution in [3.05, 3.63) is 42.1 Å². The molecule has 0 unspecified atom stereocenters. The first-order valence-electron chi connectivity index (χ1n) is 13.7. The van der Waals surface area contributed by atoms with Crippen LogP contribution in [0.5, 0.6) is 0 Å². The second-order valence-corrected chi connectivity index (χ2v) is 12.3. The van der Waals surface area contributed by atoms with Crippen molar-refractivity contribution in [2.24, 2.45) is 5.41 Å². The number of nitrogens with zero attached hydrogens (tertiary/aromatic N) is 5. The number of aromatic nitrogens is 2. The van der Waals surface area contributed by atoms with Crippen LogP contribution >= 0.6 is 0 Å². The summed E-state index contributed by atoms with van der Waals surface area (Å²) in [5.74, 6) is 0.0264. The third-order valence-electron chi connectivity index (χ3n) is 7.35. The van der Waals surface area contributed by atoms with Crippen LogP contribution in [0, 0.1) is 11.2 Å². The highest BCUT2D eigenvalue weighted by atomic mass is 19.1. The van der Waals surface area contributed by atoms with Crippen molar-refractivity contribution in [2.45, 2.75) is 79.0 Å². The number of benzene rings is 1. The minimum absolute atomic E-state index is 0.0392. The molecule has 0 radical (unpaired) electrons. The van der Waals surface area contributed by atoms with Gasteiger partial charge in [0.05, 0.1) is 17.4 Å². The molecule has 1 N–H and O–H groups in total. The molecule has 2 aliphatic heterocycles. The molecule has 0 atom stereocenters. The van der Waals surface area contributed by atoms with Crippen molar-refractivity contribution in [3.63, 3.8) is 0 Å². The maximum absolute atomic E-state index is 14.3. The van der Waals surface area contributed by atoms with Gasteiger partial charge in [0, 0.05) is 43.7 Å². The number of hydrogen-bond donors (Lipinski definition) is 1. The lowest BCUT2D eigenvalue weighted by Crippen LogP contribution is -2.62. The zero-order valence-corrected chi connectivity index (χ0v) is 24.1. The standard InChI is InChI=1S/C29H41FN6O3/c1-19(2)36(20(3)4)26(37)22-14-21(30)8-9-23(22)33-24-15-31-18-32-25(24)34-12-10-29(11-13-34)16-35(17-29)27(38)39-28(5,6)7/h8-9,14-15,18-20,33H,10-13,16-17H2,1-7H3. The number of rotatable bonds is 6. The summed E-state index contributed by atoms with van der Waals surface area (Å²) in [6.07, 6.45) is 4.78. The summed E-state index contributed by atoms with van der Waals surface area (Å²) in [6, 6.07) is 4.13. The topological polar surface area (TPSA) is 90.9 Å². The van der Waals surface area contributed by atoms with E-state index in [0.717, 1.165) is 31.7 Å². The van der Waals surface area contributed by atoms with Gasteiger partial charge in [-0.05, 0) is 79.5 Å². The summed E-state index contributed by atoms with van der Waals surface area (Å²) in [5.41, 5.74) is 1.02. The predicted octanol–water partition coefficient (Wildman–Crippen LogP) is 5.46. The van der Waals surface area contributed by atoms with Gasteiger partial charge in [-0.3, -0.25) is 4.79 Å². The lowest BCUT2D eigenvalue weighted by molar-refractivity contribution is -0.0434. The van der Waals surface area contributed by atoms with Gasteiger partial charge in [-0.2, -0.15) is 0 Å². The first kappa shape index (κ1) is 28.6. The van der Waals surface area contributed by atoms with Gasteiger partial charge in [-0.15, -0.1) is 0 Å². The number of carbonyl (C=O) groups excluding carboxylic acids is 2. The van der Waals surface area contributed by atoms with Gasteiger partial charge < -0.3 is 24.8 Å². The van der Waals surface area contributed by atoms with Crippen molar-refractivity contribution in [1.29, 1.82) is 0 Å². The number of halogens is 1. The first-order valence-corrected chi connectivity index (χ1v) is 13.7. The second kappa shape index (κ2) is 11.0. The minimum atomic E-state index is -0.503. The van der Waals surface area contributed by atoms with E-state index in [0.29, 0.717) is 24.5 Å². The quantitative estimate of drug-likeness (QED) is 0.521. The van der Waals surface area contributed by atoms with E-state index in [4.69, 9.17) is 4.74 Å². The summed E-state index contributed by atoms with van der Waals surface area (Å²) >= 11 is 0. The zero-order valence-electron chi connectivity index (χ0n) is 24.1. The van der Waals surface area contributed by atoms with E-state index in [1.54, 1.807) is 22.1 Å². The number of hydrogen-bond acceptors (Lipinski definition) is 7. The Labute approximate surface area is 230 Å². The van der Waals surface area contributed by atoms with Gasteiger partial charge in [0.25, 0.3) is 5.91 Å². The molecule has 1 aromatic carbocycles. The maximum Gasteiger partial charge on any atom is 0.410 e. The molecule has 9 nitrogen and oxygen atoms in total. The molecular weight excluding hydrogens is 499 g/mol. The Kier molecular flexibility index (Phi) is 8.04. The van der Waals surface area contributed by atoms with E-state index in [-0.39, 0.29) is 35.1 Å². The first-order chi connectivity index (χ1) is 18.3. The van der Waals surface area contributed by atoms with Crippen LogP contribution in [0.25, 0.3) is 0 Å². The molecule has 212 valence electrons. The predicted molar refractivity (Wildman–Crippen MR) is 150 cm³/mol. The van der Waals surface area contributed by atoms with Crippen LogP contribution in [-0.2, 0) is 4.74 Å². The lowest BCUT2D eigenvalue weighted by atomic mass is 9.72. The van der Waals surface area contributed by atoms with Gasteiger partial charge in [-0.25, -0.2) is 19.2 Å². The monoisotopic (exact) mass is 540 g/mol. The number of carbonyl (C=O) groups is 2. The Hall–Kier alpha value is -3.43. The zero-order chi connectivity index (χ0) is 28.5. The number of nitrogens with one attached hydrogen (secondary N) is 1. The molecular formula is C29H41FN6O3. The Morgan fingerprint density at radius 3 is 2.31 bits per heavy atom. The second-order valence-electron chi connectivity index (χ2n) is 12.3. The van der Waals surface area contributed by atoms with Gasteiger partial charge in [-0.1, -0.05) is 0 Å². The summed E-state index contributed by atoms with van der Waals surface area (Å²) in [6.45, 7) is 16.4. The molecule has 0 aliphatic carbocycles. The fraction of sp³-hybridized carbons (Fsp3) is 0.586. The SMILES string of the molecule is CC(C)N(C(=O)c1cc(F)ccc1Nc1cncnc1N1CCC2(CC1)CN(C(=O)OC(C)(C)C)C2)C(C)C. The van der Waals surface area contributed by atoms with Crippen LogP contribution in [0.1, 0.15) is 71.7 Å². The third-order valence-corrected chi connectivity index (χ3v) is 7.35. The van der Waals surface area contributed by atoms with Crippen LogP contribution in [0.3, 0.4) is 0 Å². The van der Waals surface area contributed by atoms with Gasteiger partial charge in [0.15, 0.2) is 5.82 Å². The molecule has 2 aliphatic rings. The fourth-order valence-electron chi connectivity index (χ4n) is 5.54. The lowest BCUT2D eigenvalue weighted by Gasteiger charge is -2.53. The van der Waals surface area contributed by atoms with E-state index in [2.05, 4.69) is 20.2 Å². The van der Waals surface area contributed by atoms with Gasteiger partial charge >= 0.3 is 6.09 Å². The molecule has 39 heavy (non-hydrogen) atoms. The van der Waals surface area contributed by atoms with Gasteiger partial charge in [0.1, 0.15) is 23.4 Å². The average molecular weight is 541 g/mol. The van der Waals surface area contributed by atoms with E-state index < -0.39 is 11.4 Å². The average Bonchev–Trinajstić information content (AvgIpc) is 2.82. The highest BCUT2D eigenvalue weighted by molar-refractivity contribution is 6.01. The van der Waals surface area contributed by atoms with Gasteiger partial charge in [0.2, 0.25) is 0 Å². The Bertz CT molecular complexity index is 1190. The van der Waals surface area contributed by atoms with Crippen LogP contribution in [0.2, 0.25) is 0 Å². The van der Waals surface area contributed by atoms with Crippen molar-refractivity contribution >= 4 is 29.2 Å². The molecule has 3 heterocycles. The van der Waals surface area contributed by atoms with Crippen molar-refractivity contribution in [3.8, 4) is 0 Å². The largest absolute Gasteiger partial charge is 0.444 e. The van der Waals surface area contributed by atoms with Crippen LogP contribution in [0.4, 0.5) is 26.4 Å². The Morgan fingerprint density at radius 2 is 1.72 bits per heavy atom. The number of likely N-dealkylation sites (tertiary alicyclic amines) is 1. The smallest absolute Gasteiger partial charge is 0.410 e. The van der Waals surface area contributed by atoms with Crippen molar-refractivity contribution < 1.29 is 18.7 Å². The van der Waals surface area contributed by atoms with Crippen LogP contribution in [-0.4, -0.2) is 75.6 Å². The minimum Gasteiger partial charge on any atom is -0.444 e. The molecule has 2 aromatic rings. The fourth-order valence-corrected chi connectivity index (χ4v) is 5.54. The van der Waals surface area contributed by atoms with E-state index in [9.17, 15) is 14.0 Å². The number of piperidine rings is 1.